The van der Waals surface area contributed by atoms with Crippen LogP contribution in [0, 0.1) is 18.6 Å². The van der Waals surface area contributed by atoms with E-state index in [1.807, 2.05) is 0 Å². The summed E-state index contributed by atoms with van der Waals surface area (Å²) in [5.74, 6) is -0.233. The Morgan fingerprint density at radius 3 is 2.60 bits per heavy atom. The smallest absolute Gasteiger partial charge is 0.133 e. The van der Waals surface area contributed by atoms with E-state index in [0.717, 1.165) is 25.7 Å². The fraction of sp³-hybridized carbons (Fsp3) is 0.400. The molecule has 1 aliphatic carbocycles. The van der Waals surface area contributed by atoms with Gasteiger partial charge >= 0.3 is 0 Å². The SMILES string of the molecule is Cc1cc(F)c(-c2cnc(C3(N)CCCC3)[nH]2)cc1F. The largest absolute Gasteiger partial charge is 0.340 e. The summed E-state index contributed by atoms with van der Waals surface area (Å²) in [4.78, 5) is 7.33. The normalized spacial score (nSPS) is 17.6. The van der Waals surface area contributed by atoms with E-state index in [4.69, 9.17) is 5.73 Å². The van der Waals surface area contributed by atoms with Crippen molar-refractivity contribution in [2.24, 2.45) is 5.73 Å². The number of aryl methyl sites for hydroxylation is 1. The first-order valence-corrected chi connectivity index (χ1v) is 6.80. The van der Waals surface area contributed by atoms with Crippen LogP contribution in [0.4, 0.5) is 8.78 Å². The molecule has 106 valence electrons. The van der Waals surface area contributed by atoms with Crippen molar-refractivity contribution < 1.29 is 8.78 Å². The van der Waals surface area contributed by atoms with Crippen LogP contribution in [0.1, 0.15) is 37.1 Å². The third-order valence-corrected chi connectivity index (χ3v) is 4.08. The number of aromatic nitrogens is 2. The van der Waals surface area contributed by atoms with Crippen molar-refractivity contribution in [3.05, 3.63) is 41.4 Å². The molecule has 0 saturated heterocycles. The minimum absolute atomic E-state index is 0.188. The molecule has 0 unspecified atom stereocenters. The van der Waals surface area contributed by atoms with Gasteiger partial charge in [-0.3, -0.25) is 0 Å². The van der Waals surface area contributed by atoms with E-state index >= 15 is 0 Å². The minimum atomic E-state index is -0.461. The van der Waals surface area contributed by atoms with Crippen molar-refractivity contribution >= 4 is 0 Å². The first-order chi connectivity index (χ1) is 9.49. The molecular formula is C15H17F2N3. The Morgan fingerprint density at radius 1 is 1.20 bits per heavy atom. The highest BCUT2D eigenvalue weighted by atomic mass is 19.1. The third-order valence-electron chi connectivity index (χ3n) is 4.08. The van der Waals surface area contributed by atoms with E-state index in [1.165, 1.54) is 25.3 Å². The Kier molecular flexibility index (Phi) is 3.09. The lowest BCUT2D eigenvalue weighted by Gasteiger charge is -2.20. The molecule has 1 saturated carbocycles. The van der Waals surface area contributed by atoms with Crippen molar-refractivity contribution in [1.29, 1.82) is 0 Å². The molecule has 3 N–H and O–H groups in total. The van der Waals surface area contributed by atoms with Crippen LogP contribution in [0.15, 0.2) is 18.3 Å². The Labute approximate surface area is 116 Å². The van der Waals surface area contributed by atoms with Gasteiger partial charge in [0, 0.05) is 5.56 Å². The predicted octanol–water partition coefficient (Wildman–Crippen LogP) is 3.39. The lowest BCUT2D eigenvalue weighted by Crippen LogP contribution is -2.34. The van der Waals surface area contributed by atoms with Gasteiger partial charge in [-0.15, -0.1) is 0 Å². The van der Waals surface area contributed by atoms with Gasteiger partial charge in [0.1, 0.15) is 17.5 Å². The molecule has 1 aromatic carbocycles. The lowest BCUT2D eigenvalue weighted by molar-refractivity contribution is 0.436. The summed E-state index contributed by atoms with van der Waals surface area (Å²) in [5.41, 5.74) is 6.79. The number of nitrogens with zero attached hydrogens (tertiary/aromatic N) is 1. The number of nitrogens with one attached hydrogen (secondary N) is 1. The zero-order valence-corrected chi connectivity index (χ0v) is 11.3. The summed E-state index contributed by atoms with van der Waals surface area (Å²) in [5, 5.41) is 0. The molecule has 5 heteroatoms. The van der Waals surface area contributed by atoms with E-state index in [9.17, 15) is 8.78 Å². The Balaban J connectivity index is 2.00. The molecule has 20 heavy (non-hydrogen) atoms. The van der Waals surface area contributed by atoms with Gasteiger partial charge in [-0.25, -0.2) is 13.8 Å². The van der Waals surface area contributed by atoms with Gasteiger partial charge in [0.05, 0.1) is 17.4 Å². The number of imidazole rings is 1. The standard InChI is InChI=1S/C15H17F2N3/c1-9-6-12(17)10(7-11(9)16)13-8-19-14(20-13)15(18)4-2-3-5-15/h6-8H,2-5,18H2,1H3,(H,19,20). The molecule has 1 aliphatic rings. The first-order valence-electron chi connectivity index (χ1n) is 6.80. The molecule has 0 spiro atoms. The molecule has 0 amide bonds. The van der Waals surface area contributed by atoms with Crippen LogP contribution in [0.25, 0.3) is 11.3 Å². The fourth-order valence-corrected chi connectivity index (χ4v) is 2.81. The highest BCUT2D eigenvalue weighted by Gasteiger charge is 2.34. The number of hydrogen-bond donors (Lipinski definition) is 2. The van der Waals surface area contributed by atoms with Crippen LogP contribution in [-0.4, -0.2) is 9.97 Å². The Hall–Kier alpha value is -1.75. The zero-order chi connectivity index (χ0) is 14.3. The molecule has 0 atom stereocenters. The van der Waals surface area contributed by atoms with Crippen molar-refractivity contribution in [3.8, 4) is 11.3 Å². The molecule has 0 aliphatic heterocycles. The maximum absolute atomic E-state index is 14.0. The summed E-state index contributed by atoms with van der Waals surface area (Å²) < 4.78 is 27.6. The quantitative estimate of drug-likeness (QED) is 0.884. The topological polar surface area (TPSA) is 54.7 Å². The van der Waals surface area contributed by atoms with Crippen molar-refractivity contribution in [2.75, 3.05) is 0 Å². The number of rotatable bonds is 2. The van der Waals surface area contributed by atoms with E-state index in [-0.39, 0.29) is 11.1 Å². The number of aromatic amines is 1. The highest BCUT2D eigenvalue weighted by Crippen LogP contribution is 2.35. The maximum atomic E-state index is 14.0. The summed E-state index contributed by atoms with van der Waals surface area (Å²) in [6, 6.07) is 2.39. The van der Waals surface area contributed by atoms with E-state index in [2.05, 4.69) is 9.97 Å². The number of hydrogen-bond acceptors (Lipinski definition) is 2. The van der Waals surface area contributed by atoms with Gasteiger partial charge in [-0.2, -0.15) is 0 Å². The minimum Gasteiger partial charge on any atom is -0.340 e. The highest BCUT2D eigenvalue weighted by molar-refractivity contribution is 5.60. The van der Waals surface area contributed by atoms with Gasteiger partial charge in [0.25, 0.3) is 0 Å². The second-order valence-electron chi connectivity index (χ2n) is 5.59. The van der Waals surface area contributed by atoms with Crippen LogP contribution in [0.2, 0.25) is 0 Å². The van der Waals surface area contributed by atoms with Crippen LogP contribution >= 0.6 is 0 Å². The molecule has 3 nitrogen and oxygen atoms in total. The summed E-state index contributed by atoms with van der Waals surface area (Å²) in [6.45, 7) is 1.54. The average Bonchev–Trinajstić information content (AvgIpc) is 3.03. The molecule has 0 radical (unpaired) electrons. The van der Waals surface area contributed by atoms with Crippen LogP contribution < -0.4 is 5.73 Å². The Bertz CT molecular complexity index is 643. The Morgan fingerprint density at radius 2 is 1.90 bits per heavy atom. The van der Waals surface area contributed by atoms with Crippen molar-refractivity contribution in [2.45, 2.75) is 38.1 Å². The molecular weight excluding hydrogens is 260 g/mol. The lowest BCUT2D eigenvalue weighted by atomic mass is 9.98. The van der Waals surface area contributed by atoms with Gasteiger partial charge in [0.2, 0.25) is 0 Å². The summed E-state index contributed by atoms with van der Waals surface area (Å²) in [6.07, 6.45) is 5.39. The van der Waals surface area contributed by atoms with Gasteiger partial charge in [-0.1, -0.05) is 12.8 Å². The first kappa shape index (κ1) is 13.2. The fourth-order valence-electron chi connectivity index (χ4n) is 2.81. The van der Waals surface area contributed by atoms with Crippen LogP contribution in [0.3, 0.4) is 0 Å². The summed E-state index contributed by atoms with van der Waals surface area (Å²) >= 11 is 0. The van der Waals surface area contributed by atoms with Gasteiger partial charge in [0.15, 0.2) is 0 Å². The monoisotopic (exact) mass is 277 g/mol. The van der Waals surface area contributed by atoms with Crippen LogP contribution in [0.5, 0.6) is 0 Å². The zero-order valence-electron chi connectivity index (χ0n) is 11.3. The molecule has 1 fully saturated rings. The molecule has 1 aromatic heterocycles. The van der Waals surface area contributed by atoms with Crippen molar-refractivity contribution in [3.63, 3.8) is 0 Å². The number of benzene rings is 1. The van der Waals surface area contributed by atoms with E-state index in [1.54, 1.807) is 0 Å². The number of halogens is 2. The predicted molar refractivity (Wildman–Crippen MR) is 73.0 cm³/mol. The number of H-pyrrole nitrogens is 1. The second-order valence-corrected chi connectivity index (χ2v) is 5.59. The molecule has 3 rings (SSSR count). The second kappa shape index (κ2) is 4.66. The van der Waals surface area contributed by atoms with Gasteiger partial charge < -0.3 is 10.7 Å². The average molecular weight is 277 g/mol. The van der Waals surface area contributed by atoms with Crippen LogP contribution in [-0.2, 0) is 5.54 Å². The van der Waals surface area contributed by atoms with E-state index in [0.29, 0.717) is 11.5 Å². The maximum Gasteiger partial charge on any atom is 0.133 e. The third kappa shape index (κ3) is 2.12. The molecule has 1 heterocycles. The molecule has 2 aromatic rings. The van der Waals surface area contributed by atoms with E-state index < -0.39 is 17.2 Å². The molecule has 0 bridgehead atoms. The number of nitrogens with two attached hydrogens (primary N) is 1. The summed E-state index contributed by atoms with van der Waals surface area (Å²) in [7, 11) is 0. The van der Waals surface area contributed by atoms with Gasteiger partial charge in [-0.05, 0) is 37.5 Å². The van der Waals surface area contributed by atoms with Crippen molar-refractivity contribution in [1.82, 2.24) is 9.97 Å².